The van der Waals surface area contributed by atoms with Gasteiger partial charge in [-0.1, -0.05) is 0 Å². The number of hydrogen-bond acceptors (Lipinski definition) is 11. The lowest BCUT2D eigenvalue weighted by Gasteiger charge is -2.17. The summed E-state index contributed by atoms with van der Waals surface area (Å²) >= 11 is 0. The van der Waals surface area contributed by atoms with Crippen LogP contribution in [0.15, 0.2) is 24.3 Å². The highest BCUT2D eigenvalue weighted by atomic mass is 16.6. The monoisotopic (exact) mass is 495 g/mol. The summed E-state index contributed by atoms with van der Waals surface area (Å²) in [6, 6.07) is 6.24. The molecule has 0 aliphatic rings. The molecule has 1 N–H and O–H groups in total. The Morgan fingerprint density at radius 2 is 1.31 bits per heavy atom. The van der Waals surface area contributed by atoms with Crippen molar-refractivity contribution in [3.8, 4) is 5.75 Å². The third-order valence-corrected chi connectivity index (χ3v) is 3.97. The summed E-state index contributed by atoms with van der Waals surface area (Å²) in [4.78, 5) is 68.4. The number of anilines is 1. The molecule has 0 unspecified atom stereocenters. The molecule has 1 aromatic carbocycles. The predicted molar refractivity (Wildman–Crippen MR) is 119 cm³/mol. The van der Waals surface area contributed by atoms with Gasteiger partial charge in [-0.25, -0.2) is 0 Å². The van der Waals surface area contributed by atoms with Crippen LogP contribution >= 0.6 is 0 Å². The molecule has 12 heteroatoms. The molecule has 0 saturated carbocycles. The summed E-state index contributed by atoms with van der Waals surface area (Å²) in [5.41, 5.74) is 0.567. The lowest BCUT2D eigenvalue weighted by atomic mass is 10.3. The maximum absolute atomic E-state index is 11.9. The van der Waals surface area contributed by atoms with Crippen LogP contribution in [0.2, 0.25) is 0 Å². The van der Waals surface area contributed by atoms with Gasteiger partial charge in [0.2, 0.25) is 5.91 Å². The first-order chi connectivity index (χ1) is 16.5. The van der Waals surface area contributed by atoms with E-state index in [1.54, 1.807) is 12.1 Å². The highest BCUT2D eigenvalue weighted by Gasteiger charge is 2.19. The summed E-state index contributed by atoms with van der Waals surface area (Å²) < 4.78 is 24.7. The maximum atomic E-state index is 11.9. The van der Waals surface area contributed by atoms with Crippen LogP contribution in [0.4, 0.5) is 5.69 Å². The average molecular weight is 495 g/mol. The minimum absolute atomic E-state index is 0.00323. The largest absolute Gasteiger partial charge is 0.466 e. The van der Waals surface area contributed by atoms with E-state index < -0.39 is 36.0 Å². The zero-order valence-corrected chi connectivity index (χ0v) is 19.8. The molecule has 0 atom stereocenters. The Hall–Kier alpha value is -3.96. The Morgan fingerprint density at radius 3 is 1.86 bits per heavy atom. The molecule has 0 fully saturated rings. The van der Waals surface area contributed by atoms with Crippen molar-refractivity contribution in [2.24, 2.45) is 0 Å². The number of amides is 1. The number of nitrogens with one attached hydrogen (secondary N) is 1. The van der Waals surface area contributed by atoms with Crippen molar-refractivity contribution in [1.82, 2.24) is 0 Å². The van der Waals surface area contributed by atoms with Gasteiger partial charge in [0, 0.05) is 32.9 Å². The molecule has 0 bridgehead atoms. The molecule has 1 rings (SSSR count). The molecule has 0 aromatic heterocycles. The van der Waals surface area contributed by atoms with Gasteiger partial charge in [-0.3, -0.25) is 28.8 Å². The van der Waals surface area contributed by atoms with E-state index in [1.807, 2.05) is 0 Å². The summed E-state index contributed by atoms with van der Waals surface area (Å²) in [5.74, 6) is -3.06. The van der Waals surface area contributed by atoms with Crippen LogP contribution in [0.5, 0.6) is 5.75 Å². The van der Waals surface area contributed by atoms with Gasteiger partial charge >= 0.3 is 29.8 Å². The average Bonchev–Trinajstić information content (AvgIpc) is 2.78. The molecular formula is C23H29NO11. The molecule has 1 amide bonds. The lowest BCUT2D eigenvalue weighted by Crippen LogP contribution is -2.30. The molecule has 35 heavy (non-hydrogen) atoms. The van der Waals surface area contributed by atoms with Crippen molar-refractivity contribution in [3.63, 3.8) is 0 Å². The molecule has 192 valence electrons. The molecule has 0 aliphatic heterocycles. The Bertz CT molecular complexity index is 877. The molecule has 12 nitrogen and oxygen atoms in total. The fraction of sp³-hybridized carbons (Fsp3) is 0.478. The van der Waals surface area contributed by atoms with Crippen molar-refractivity contribution < 1.29 is 52.5 Å². The molecule has 1 aromatic rings. The van der Waals surface area contributed by atoms with Crippen molar-refractivity contribution in [2.75, 3.05) is 25.1 Å². The Labute approximate surface area is 202 Å². The van der Waals surface area contributed by atoms with Gasteiger partial charge in [0.1, 0.15) is 19.0 Å². The topological polar surface area (TPSA) is 161 Å². The first-order valence-corrected chi connectivity index (χ1v) is 10.7. The van der Waals surface area contributed by atoms with Gasteiger partial charge in [-0.15, -0.1) is 0 Å². The van der Waals surface area contributed by atoms with Gasteiger partial charge in [0.05, 0.1) is 19.4 Å². The zero-order chi connectivity index (χ0) is 26.2. The second-order valence-electron chi connectivity index (χ2n) is 7.22. The Kier molecular flexibility index (Phi) is 13.1. The highest BCUT2D eigenvalue weighted by molar-refractivity contribution is 5.88. The van der Waals surface area contributed by atoms with E-state index in [4.69, 9.17) is 23.7 Å². The normalized spacial score (nSPS) is 10.2. The van der Waals surface area contributed by atoms with Crippen LogP contribution in [-0.2, 0) is 47.7 Å². The van der Waals surface area contributed by atoms with Gasteiger partial charge in [0.25, 0.3) is 0 Å². The first-order valence-electron chi connectivity index (χ1n) is 10.7. The summed E-state index contributed by atoms with van der Waals surface area (Å²) in [6.07, 6.45) is -1.36. The predicted octanol–water partition coefficient (Wildman–Crippen LogP) is 1.69. The number of carbonyl (C=O) groups is 6. The van der Waals surface area contributed by atoms with Crippen molar-refractivity contribution in [1.29, 1.82) is 0 Å². The highest BCUT2D eigenvalue weighted by Crippen LogP contribution is 2.16. The molecule has 0 radical (unpaired) electrons. The van der Waals surface area contributed by atoms with E-state index in [0.29, 0.717) is 11.4 Å². The smallest absolute Gasteiger partial charge is 0.311 e. The second-order valence-corrected chi connectivity index (χ2v) is 7.22. The van der Waals surface area contributed by atoms with Crippen LogP contribution in [0, 0.1) is 0 Å². The fourth-order valence-electron chi connectivity index (χ4n) is 2.45. The van der Waals surface area contributed by atoms with Crippen LogP contribution < -0.4 is 10.1 Å². The molecule has 0 saturated heterocycles. The van der Waals surface area contributed by atoms with E-state index in [1.165, 1.54) is 32.9 Å². The second kappa shape index (κ2) is 15.8. The number of esters is 5. The minimum atomic E-state index is -1.00. The molecular weight excluding hydrogens is 466 g/mol. The van der Waals surface area contributed by atoms with Crippen LogP contribution in [0.3, 0.4) is 0 Å². The van der Waals surface area contributed by atoms with Crippen LogP contribution in [0.25, 0.3) is 0 Å². The van der Waals surface area contributed by atoms with Gasteiger partial charge in [-0.2, -0.15) is 0 Å². The van der Waals surface area contributed by atoms with Gasteiger partial charge in [-0.05, 0) is 30.7 Å². The van der Waals surface area contributed by atoms with Crippen molar-refractivity contribution in [2.45, 2.75) is 52.6 Å². The maximum Gasteiger partial charge on any atom is 0.311 e. The Balaban J connectivity index is 2.26. The molecule has 0 aliphatic carbocycles. The fourth-order valence-corrected chi connectivity index (χ4v) is 2.45. The summed E-state index contributed by atoms with van der Waals surface area (Å²) in [7, 11) is 0. The van der Waals surface area contributed by atoms with E-state index >= 15 is 0 Å². The number of carbonyl (C=O) groups excluding carboxylic acids is 6. The quantitative estimate of drug-likeness (QED) is 0.173. The zero-order valence-electron chi connectivity index (χ0n) is 19.8. The molecule has 0 heterocycles. The third-order valence-electron chi connectivity index (χ3n) is 3.97. The summed E-state index contributed by atoms with van der Waals surface area (Å²) in [5, 5.41) is 2.59. The standard InChI is InChI=1S/C23H29NO11/c1-15(25)24-18-6-8-19(9-7-18)34-22(29)5-4-12-31-21(28)10-11-23(30)35-20(13-32-16(2)26)14-33-17(3)27/h6-9,20H,4-5,10-14H2,1-3H3,(H,24,25). The van der Waals surface area contributed by atoms with E-state index in [9.17, 15) is 28.8 Å². The van der Waals surface area contributed by atoms with Crippen molar-refractivity contribution >= 4 is 41.4 Å². The lowest BCUT2D eigenvalue weighted by molar-refractivity contribution is -0.166. The SMILES string of the molecule is CC(=O)Nc1ccc(OC(=O)CCCOC(=O)CCC(=O)OC(COC(C)=O)COC(C)=O)cc1. The number of rotatable bonds is 14. The van der Waals surface area contributed by atoms with E-state index in [2.05, 4.69) is 5.32 Å². The van der Waals surface area contributed by atoms with Gasteiger partial charge < -0.3 is 29.0 Å². The minimum Gasteiger partial charge on any atom is -0.466 e. The summed E-state index contributed by atoms with van der Waals surface area (Å²) in [6.45, 7) is 3.08. The van der Waals surface area contributed by atoms with Gasteiger partial charge in [0.15, 0.2) is 6.10 Å². The van der Waals surface area contributed by atoms with E-state index in [-0.39, 0.29) is 51.4 Å². The molecule has 0 spiro atoms. The number of ether oxygens (including phenoxy) is 5. The van der Waals surface area contributed by atoms with Crippen LogP contribution in [0.1, 0.15) is 46.5 Å². The van der Waals surface area contributed by atoms with Crippen LogP contribution in [-0.4, -0.2) is 61.7 Å². The van der Waals surface area contributed by atoms with Crippen molar-refractivity contribution in [3.05, 3.63) is 24.3 Å². The third kappa shape index (κ3) is 14.7. The number of hydrogen-bond donors (Lipinski definition) is 1. The van der Waals surface area contributed by atoms with E-state index in [0.717, 1.165) is 0 Å². The number of benzene rings is 1. The first kappa shape index (κ1) is 29.1. The Morgan fingerprint density at radius 1 is 0.743 bits per heavy atom.